The average molecular weight is 264 g/mol. The standard InChI is InChI=1S/C14H24N4O/c1-4-6-12-13(15-2)16-10-17-14(12)18-8-5-7-11(9-18)19-3/h10-11H,4-9H2,1-3H3,(H,15,16,17). The molecule has 1 aliphatic heterocycles. The van der Waals surface area contributed by atoms with Crippen LogP contribution in [0.3, 0.4) is 0 Å². The molecule has 1 fully saturated rings. The minimum atomic E-state index is 0.316. The molecule has 0 aromatic carbocycles. The molecule has 106 valence electrons. The van der Waals surface area contributed by atoms with Crippen LogP contribution in [-0.4, -0.2) is 43.3 Å². The van der Waals surface area contributed by atoms with E-state index in [0.717, 1.165) is 50.4 Å². The van der Waals surface area contributed by atoms with E-state index in [-0.39, 0.29) is 0 Å². The largest absolute Gasteiger partial charge is 0.380 e. The SMILES string of the molecule is CCCc1c(NC)ncnc1N1CCCC(OC)C1. The maximum absolute atomic E-state index is 5.50. The predicted octanol–water partition coefficient (Wildman–Crippen LogP) is 2.09. The molecule has 1 aromatic heterocycles. The molecule has 0 spiro atoms. The molecule has 1 aromatic rings. The maximum atomic E-state index is 5.50. The molecule has 0 saturated carbocycles. The Morgan fingerprint density at radius 2 is 2.32 bits per heavy atom. The van der Waals surface area contributed by atoms with Crippen molar-refractivity contribution in [3.8, 4) is 0 Å². The first-order valence-corrected chi connectivity index (χ1v) is 7.09. The van der Waals surface area contributed by atoms with Crippen molar-refractivity contribution in [2.24, 2.45) is 0 Å². The first-order chi connectivity index (χ1) is 9.30. The molecule has 1 N–H and O–H groups in total. The second kappa shape index (κ2) is 6.70. The minimum Gasteiger partial charge on any atom is -0.380 e. The van der Waals surface area contributed by atoms with Crippen molar-refractivity contribution < 1.29 is 4.74 Å². The summed E-state index contributed by atoms with van der Waals surface area (Å²) in [4.78, 5) is 11.2. The van der Waals surface area contributed by atoms with E-state index >= 15 is 0 Å². The normalized spacial score (nSPS) is 19.5. The molecule has 1 saturated heterocycles. The van der Waals surface area contributed by atoms with Crippen LogP contribution < -0.4 is 10.2 Å². The van der Waals surface area contributed by atoms with E-state index in [4.69, 9.17) is 4.74 Å². The highest BCUT2D eigenvalue weighted by atomic mass is 16.5. The Labute approximate surface area is 115 Å². The highest BCUT2D eigenvalue weighted by Crippen LogP contribution is 2.27. The molecule has 1 atom stereocenters. The monoisotopic (exact) mass is 264 g/mol. The third-order valence-corrected chi connectivity index (χ3v) is 3.67. The smallest absolute Gasteiger partial charge is 0.137 e. The van der Waals surface area contributed by atoms with E-state index < -0.39 is 0 Å². The number of methoxy groups -OCH3 is 1. The molecule has 0 radical (unpaired) electrons. The van der Waals surface area contributed by atoms with Crippen molar-refractivity contribution in [3.63, 3.8) is 0 Å². The molecule has 5 heteroatoms. The van der Waals surface area contributed by atoms with Crippen LogP contribution in [0.4, 0.5) is 11.6 Å². The summed E-state index contributed by atoms with van der Waals surface area (Å²) in [6.45, 7) is 4.16. The lowest BCUT2D eigenvalue weighted by Gasteiger charge is -2.34. The van der Waals surface area contributed by atoms with Crippen LogP contribution in [0, 0.1) is 0 Å². The summed E-state index contributed by atoms with van der Waals surface area (Å²) in [6, 6.07) is 0. The Hall–Kier alpha value is -1.36. The van der Waals surface area contributed by atoms with E-state index in [1.165, 1.54) is 5.56 Å². The van der Waals surface area contributed by atoms with Crippen molar-refractivity contribution in [3.05, 3.63) is 11.9 Å². The molecule has 1 unspecified atom stereocenters. The van der Waals surface area contributed by atoms with Gasteiger partial charge in [-0.25, -0.2) is 9.97 Å². The Kier molecular flexibility index (Phi) is 4.96. The van der Waals surface area contributed by atoms with Crippen molar-refractivity contribution in [2.75, 3.05) is 37.5 Å². The van der Waals surface area contributed by atoms with E-state index in [1.54, 1.807) is 13.4 Å². The second-order valence-electron chi connectivity index (χ2n) is 4.97. The lowest BCUT2D eigenvalue weighted by Crippen LogP contribution is -2.40. The Morgan fingerprint density at radius 1 is 1.47 bits per heavy atom. The summed E-state index contributed by atoms with van der Waals surface area (Å²) >= 11 is 0. The van der Waals surface area contributed by atoms with Crippen LogP contribution in [0.15, 0.2) is 6.33 Å². The molecule has 2 rings (SSSR count). The summed E-state index contributed by atoms with van der Waals surface area (Å²) < 4.78 is 5.50. The number of piperidine rings is 1. The quantitative estimate of drug-likeness (QED) is 0.882. The maximum Gasteiger partial charge on any atom is 0.137 e. The van der Waals surface area contributed by atoms with Gasteiger partial charge in [0.1, 0.15) is 18.0 Å². The summed E-state index contributed by atoms with van der Waals surface area (Å²) in [5, 5.41) is 3.18. The lowest BCUT2D eigenvalue weighted by atomic mass is 10.1. The molecule has 2 heterocycles. The fourth-order valence-corrected chi connectivity index (χ4v) is 2.69. The molecular weight excluding hydrogens is 240 g/mol. The van der Waals surface area contributed by atoms with Gasteiger partial charge in [0, 0.05) is 32.8 Å². The summed E-state index contributed by atoms with van der Waals surface area (Å²) in [5.41, 5.74) is 1.23. The first-order valence-electron chi connectivity index (χ1n) is 7.09. The third-order valence-electron chi connectivity index (χ3n) is 3.67. The zero-order valence-corrected chi connectivity index (χ0v) is 12.1. The Morgan fingerprint density at radius 3 is 3.00 bits per heavy atom. The predicted molar refractivity (Wildman–Crippen MR) is 77.8 cm³/mol. The Bertz CT molecular complexity index is 410. The number of anilines is 2. The molecule has 0 amide bonds. The topological polar surface area (TPSA) is 50.3 Å². The van der Waals surface area contributed by atoms with Crippen LogP contribution in [-0.2, 0) is 11.2 Å². The number of hydrogen-bond donors (Lipinski definition) is 1. The summed E-state index contributed by atoms with van der Waals surface area (Å²) in [5.74, 6) is 2.02. The van der Waals surface area contributed by atoms with Crippen LogP contribution in [0.1, 0.15) is 31.7 Å². The minimum absolute atomic E-state index is 0.316. The molecule has 19 heavy (non-hydrogen) atoms. The van der Waals surface area contributed by atoms with Gasteiger partial charge in [0.15, 0.2) is 0 Å². The van der Waals surface area contributed by atoms with Crippen LogP contribution in [0.5, 0.6) is 0 Å². The number of rotatable bonds is 5. The van der Waals surface area contributed by atoms with Crippen LogP contribution in [0.25, 0.3) is 0 Å². The van der Waals surface area contributed by atoms with Gasteiger partial charge in [0.25, 0.3) is 0 Å². The van der Waals surface area contributed by atoms with E-state index in [1.807, 2.05) is 7.05 Å². The fraction of sp³-hybridized carbons (Fsp3) is 0.714. The number of aromatic nitrogens is 2. The van der Waals surface area contributed by atoms with Gasteiger partial charge in [-0.05, 0) is 19.3 Å². The van der Waals surface area contributed by atoms with Crippen LogP contribution in [0.2, 0.25) is 0 Å². The lowest BCUT2D eigenvalue weighted by molar-refractivity contribution is 0.0891. The Balaban J connectivity index is 2.27. The van der Waals surface area contributed by atoms with Crippen molar-refractivity contribution in [2.45, 2.75) is 38.7 Å². The molecular formula is C14H24N4O. The third kappa shape index (κ3) is 3.15. The van der Waals surface area contributed by atoms with Gasteiger partial charge in [-0.2, -0.15) is 0 Å². The first kappa shape index (κ1) is 14.1. The highest BCUT2D eigenvalue weighted by Gasteiger charge is 2.23. The van der Waals surface area contributed by atoms with Gasteiger partial charge < -0.3 is 15.0 Å². The molecule has 5 nitrogen and oxygen atoms in total. The second-order valence-corrected chi connectivity index (χ2v) is 4.97. The summed E-state index contributed by atoms with van der Waals surface area (Å²) in [6.07, 6.45) is 6.35. The number of nitrogens with one attached hydrogen (secondary N) is 1. The van der Waals surface area contributed by atoms with Crippen LogP contribution >= 0.6 is 0 Å². The highest BCUT2D eigenvalue weighted by molar-refractivity contribution is 5.58. The van der Waals surface area contributed by atoms with Gasteiger partial charge in [-0.1, -0.05) is 13.3 Å². The van der Waals surface area contributed by atoms with Gasteiger partial charge in [0.05, 0.1) is 6.10 Å². The molecule has 0 bridgehead atoms. The molecule has 0 aliphatic carbocycles. The van der Waals surface area contributed by atoms with E-state index in [9.17, 15) is 0 Å². The zero-order chi connectivity index (χ0) is 13.7. The van der Waals surface area contributed by atoms with E-state index in [2.05, 4.69) is 27.1 Å². The molecule has 1 aliphatic rings. The van der Waals surface area contributed by atoms with Crippen molar-refractivity contribution >= 4 is 11.6 Å². The number of nitrogens with zero attached hydrogens (tertiary/aromatic N) is 3. The van der Waals surface area contributed by atoms with Crippen molar-refractivity contribution in [1.29, 1.82) is 0 Å². The number of hydrogen-bond acceptors (Lipinski definition) is 5. The van der Waals surface area contributed by atoms with E-state index in [0.29, 0.717) is 6.10 Å². The summed E-state index contributed by atoms with van der Waals surface area (Å²) in [7, 11) is 3.71. The van der Waals surface area contributed by atoms with Gasteiger partial charge in [-0.3, -0.25) is 0 Å². The average Bonchev–Trinajstić information content (AvgIpc) is 2.48. The van der Waals surface area contributed by atoms with Gasteiger partial charge in [0.2, 0.25) is 0 Å². The van der Waals surface area contributed by atoms with Crippen molar-refractivity contribution in [1.82, 2.24) is 9.97 Å². The zero-order valence-electron chi connectivity index (χ0n) is 12.1. The fourth-order valence-electron chi connectivity index (χ4n) is 2.69. The van der Waals surface area contributed by atoms with Gasteiger partial charge in [-0.15, -0.1) is 0 Å². The van der Waals surface area contributed by atoms with Gasteiger partial charge >= 0.3 is 0 Å². The number of ether oxygens (including phenoxy) is 1.